The molecule has 0 saturated heterocycles. The summed E-state index contributed by atoms with van der Waals surface area (Å²) in [6.07, 6.45) is -3.43. The van der Waals surface area contributed by atoms with E-state index in [1.54, 1.807) is 0 Å². The van der Waals surface area contributed by atoms with Gasteiger partial charge in [0.2, 0.25) is 0 Å². The molecule has 0 bridgehead atoms. The minimum absolute atomic E-state index is 0.0598. The van der Waals surface area contributed by atoms with Crippen LogP contribution in [0.4, 0.5) is 29.3 Å². The quantitative estimate of drug-likeness (QED) is 0.421. The molecule has 1 aromatic heterocycles. The number of benzene rings is 2. The predicted octanol–water partition coefficient (Wildman–Crippen LogP) is 4.99. The van der Waals surface area contributed by atoms with E-state index in [0.717, 1.165) is 12.1 Å². The summed E-state index contributed by atoms with van der Waals surface area (Å²) >= 11 is 5.55. The number of ether oxygens (including phenoxy) is 1. The minimum Gasteiger partial charge on any atom is -0.503 e. The van der Waals surface area contributed by atoms with Gasteiger partial charge in [0.25, 0.3) is 5.91 Å². The van der Waals surface area contributed by atoms with Gasteiger partial charge in [-0.15, -0.1) is 0 Å². The summed E-state index contributed by atoms with van der Waals surface area (Å²) in [5.74, 6) is -1.26. The third-order valence-electron chi connectivity index (χ3n) is 3.99. The lowest BCUT2D eigenvalue weighted by atomic mass is 10.2. The summed E-state index contributed by atoms with van der Waals surface area (Å²) in [5, 5.41) is 14.2. The number of carbonyl (C=O) groups is 2. The minimum atomic E-state index is -4.66. The van der Waals surface area contributed by atoms with Crippen molar-refractivity contribution in [1.29, 1.82) is 0 Å². The Labute approximate surface area is 183 Å². The highest BCUT2D eigenvalue weighted by Crippen LogP contribution is 2.36. The van der Waals surface area contributed by atoms with Crippen molar-refractivity contribution in [2.75, 3.05) is 10.6 Å². The SMILES string of the molecule is NC(=O)c1nccc(Oc2ccc(NC(=O)Nc3ccc(Cl)c(C(F)(F)F)c3)cc2)c1O. The molecule has 166 valence electrons. The Kier molecular flexibility index (Phi) is 6.40. The molecule has 2 aromatic carbocycles. The maximum Gasteiger partial charge on any atom is 0.417 e. The van der Waals surface area contributed by atoms with Crippen molar-refractivity contribution in [3.8, 4) is 17.2 Å². The Hall–Kier alpha value is -3.99. The number of nitrogens with zero attached hydrogens (tertiary/aromatic N) is 1. The summed E-state index contributed by atoms with van der Waals surface area (Å²) in [4.78, 5) is 27.0. The highest BCUT2D eigenvalue weighted by molar-refractivity contribution is 6.31. The van der Waals surface area contributed by atoms with E-state index >= 15 is 0 Å². The van der Waals surface area contributed by atoms with Gasteiger partial charge in [-0.25, -0.2) is 9.78 Å². The summed E-state index contributed by atoms with van der Waals surface area (Å²) in [7, 11) is 0. The molecule has 0 aliphatic heterocycles. The van der Waals surface area contributed by atoms with Crippen LogP contribution in [-0.2, 0) is 6.18 Å². The maximum atomic E-state index is 12.9. The van der Waals surface area contributed by atoms with Gasteiger partial charge in [0.1, 0.15) is 5.75 Å². The molecule has 0 spiro atoms. The number of nitrogens with two attached hydrogens (primary N) is 1. The Bertz CT molecular complexity index is 1170. The van der Waals surface area contributed by atoms with E-state index in [-0.39, 0.29) is 22.9 Å². The van der Waals surface area contributed by atoms with Gasteiger partial charge in [-0.2, -0.15) is 13.2 Å². The van der Waals surface area contributed by atoms with Gasteiger partial charge in [0, 0.05) is 23.6 Å². The number of halogens is 4. The molecule has 0 saturated carbocycles. The van der Waals surface area contributed by atoms with Crippen molar-refractivity contribution in [2.24, 2.45) is 5.73 Å². The van der Waals surface area contributed by atoms with Gasteiger partial charge in [-0.3, -0.25) is 4.79 Å². The van der Waals surface area contributed by atoms with Gasteiger partial charge in [-0.1, -0.05) is 11.6 Å². The number of primary amides is 1. The Morgan fingerprint density at radius 2 is 1.66 bits per heavy atom. The van der Waals surface area contributed by atoms with E-state index in [4.69, 9.17) is 22.1 Å². The zero-order valence-electron chi connectivity index (χ0n) is 15.9. The summed E-state index contributed by atoms with van der Waals surface area (Å²) in [5.41, 5.74) is 3.89. The third kappa shape index (κ3) is 5.38. The number of anilines is 2. The first-order valence-corrected chi connectivity index (χ1v) is 9.13. The van der Waals surface area contributed by atoms with E-state index in [2.05, 4.69) is 15.6 Å². The van der Waals surface area contributed by atoms with Gasteiger partial charge >= 0.3 is 12.2 Å². The third-order valence-corrected chi connectivity index (χ3v) is 4.32. The average Bonchev–Trinajstić information content (AvgIpc) is 2.71. The van der Waals surface area contributed by atoms with Crippen molar-refractivity contribution >= 4 is 34.9 Å². The molecule has 3 rings (SSSR count). The van der Waals surface area contributed by atoms with E-state index in [1.165, 1.54) is 42.6 Å². The number of carbonyl (C=O) groups excluding carboxylic acids is 2. The largest absolute Gasteiger partial charge is 0.503 e. The molecule has 12 heteroatoms. The van der Waals surface area contributed by atoms with Crippen molar-refractivity contribution in [3.63, 3.8) is 0 Å². The first-order valence-electron chi connectivity index (χ1n) is 8.75. The van der Waals surface area contributed by atoms with E-state index in [1.807, 2.05) is 0 Å². The molecule has 0 aliphatic carbocycles. The van der Waals surface area contributed by atoms with E-state index < -0.39 is 34.5 Å². The molecule has 1 heterocycles. The summed E-state index contributed by atoms with van der Waals surface area (Å²) < 4.78 is 44.2. The molecular weight excluding hydrogens is 453 g/mol. The van der Waals surface area contributed by atoms with Gasteiger partial charge < -0.3 is 26.2 Å². The Morgan fingerprint density at radius 1 is 1.03 bits per heavy atom. The second kappa shape index (κ2) is 9.02. The molecule has 0 unspecified atom stereocenters. The first kappa shape index (κ1) is 22.7. The number of rotatable bonds is 5. The smallest absolute Gasteiger partial charge is 0.417 e. The normalized spacial score (nSPS) is 11.0. The van der Waals surface area contributed by atoms with Crippen LogP contribution in [0, 0.1) is 0 Å². The lowest BCUT2D eigenvalue weighted by molar-refractivity contribution is -0.137. The van der Waals surface area contributed by atoms with Crippen LogP contribution < -0.4 is 21.1 Å². The second-order valence-corrected chi connectivity index (χ2v) is 6.68. The van der Waals surface area contributed by atoms with Crippen LogP contribution in [0.15, 0.2) is 54.7 Å². The van der Waals surface area contributed by atoms with Crippen LogP contribution in [0.1, 0.15) is 16.1 Å². The molecule has 32 heavy (non-hydrogen) atoms. The molecule has 3 amide bonds. The van der Waals surface area contributed by atoms with Crippen molar-refractivity contribution < 1.29 is 32.6 Å². The number of hydrogen-bond acceptors (Lipinski definition) is 5. The molecule has 0 aliphatic rings. The monoisotopic (exact) mass is 466 g/mol. The summed E-state index contributed by atoms with van der Waals surface area (Å²) in [6, 6.07) is 9.32. The predicted molar refractivity (Wildman–Crippen MR) is 110 cm³/mol. The zero-order valence-corrected chi connectivity index (χ0v) is 16.7. The number of pyridine rings is 1. The van der Waals surface area contributed by atoms with Gasteiger partial charge in [-0.05, 0) is 42.5 Å². The topological polar surface area (TPSA) is 127 Å². The standard InChI is InChI=1S/C20H14ClF3N4O4/c21-14-6-3-11(9-13(14)20(22,23)24)28-19(31)27-10-1-4-12(5-2-10)32-15-7-8-26-16(17(15)29)18(25)30/h1-9,29H,(H2,25,30)(H2,27,28,31). The molecule has 8 nitrogen and oxygen atoms in total. The van der Waals surface area contributed by atoms with Crippen LogP contribution in [0.3, 0.4) is 0 Å². The fraction of sp³-hybridized carbons (Fsp3) is 0.0500. The number of aromatic hydroxyl groups is 1. The zero-order chi connectivity index (χ0) is 23.5. The number of amides is 3. The lowest BCUT2D eigenvalue weighted by Crippen LogP contribution is -2.19. The van der Waals surface area contributed by atoms with Crippen molar-refractivity contribution in [3.05, 3.63) is 71.0 Å². The number of nitrogens with one attached hydrogen (secondary N) is 2. The molecular formula is C20H14ClF3N4O4. The molecule has 5 N–H and O–H groups in total. The molecule has 3 aromatic rings. The van der Waals surface area contributed by atoms with Crippen molar-refractivity contribution in [1.82, 2.24) is 4.98 Å². The highest BCUT2D eigenvalue weighted by atomic mass is 35.5. The number of hydrogen-bond donors (Lipinski definition) is 4. The fourth-order valence-electron chi connectivity index (χ4n) is 2.55. The Morgan fingerprint density at radius 3 is 2.28 bits per heavy atom. The van der Waals surface area contributed by atoms with Crippen molar-refractivity contribution in [2.45, 2.75) is 6.18 Å². The second-order valence-electron chi connectivity index (χ2n) is 6.27. The number of urea groups is 1. The van der Waals surface area contributed by atoms with E-state index in [9.17, 15) is 27.9 Å². The van der Waals surface area contributed by atoms with Crippen LogP contribution in [0.25, 0.3) is 0 Å². The molecule has 0 fully saturated rings. The van der Waals surface area contributed by atoms with Gasteiger partial charge in [0.15, 0.2) is 17.2 Å². The lowest BCUT2D eigenvalue weighted by Gasteiger charge is -2.13. The van der Waals surface area contributed by atoms with Gasteiger partial charge in [0.05, 0.1) is 10.6 Å². The highest BCUT2D eigenvalue weighted by Gasteiger charge is 2.33. The first-order chi connectivity index (χ1) is 15.0. The summed E-state index contributed by atoms with van der Waals surface area (Å²) in [6.45, 7) is 0. The number of aromatic nitrogens is 1. The van der Waals surface area contributed by atoms with Crippen LogP contribution >= 0.6 is 11.6 Å². The maximum absolute atomic E-state index is 12.9. The van der Waals surface area contributed by atoms with Crippen LogP contribution in [0.5, 0.6) is 17.2 Å². The fourth-order valence-corrected chi connectivity index (χ4v) is 2.77. The van der Waals surface area contributed by atoms with Crippen LogP contribution in [0.2, 0.25) is 5.02 Å². The molecule has 0 radical (unpaired) electrons. The average molecular weight is 467 g/mol. The van der Waals surface area contributed by atoms with Crippen LogP contribution in [-0.4, -0.2) is 22.0 Å². The number of alkyl halides is 3. The Balaban J connectivity index is 1.66. The van der Waals surface area contributed by atoms with E-state index in [0.29, 0.717) is 5.69 Å². The molecule has 0 atom stereocenters.